The van der Waals surface area contributed by atoms with Gasteiger partial charge in [-0.15, -0.1) is 0 Å². The lowest BCUT2D eigenvalue weighted by Crippen LogP contribution is -2.12. The molecular formula is C20H16N4O2. The van der Waals surface area contributed by atoms with Gasteiger partial charge in [-0.1, -0.05) is 30.3 Å². The van der Waals surface area contributed by atoms with Crippen molar-refractivity contribution in [1.29, 1.82) is 0 Å². The summed E-state index contributed by atoms with van der Waals surface area (Å²) in [5, 5.41) is 24.9. The van der Waals surface area contributed by atoms with E-state index in [9.17, 15) is 10.2 Å². The average Bonchev–Trinajstić information content (AvgIpc) is 2.92. The van der Waals surface area contributed by atoms with Gasteiger partial charge in [0.1, 0.15) is 0 Å². The van der Waals surface area contributed by atoms with Gasteiger partial charge < -0.3 is 21.4 Å². The van der Waals surface area contributed by atoms with E-state index in [4.69, 9.17) is 5.84 Å². The number of nitrogens with one attached hydrogen (secondary N) is 1. The summed E-state index contributed by atoms with van der Waals surface area (Å²) in [4.78, 5) is 4.43. The second-order valence-corrected chi connectivity index (χ2v) is 6.39. The van der Waals surface area contributed by atoms with Crippen LogP contribution in [0.2, 0.25) is 0 Å². The van der Waals surface area contributed by atoms with Crippen LogP contribution in [-0.2, 0) is 0 Å². The zero-order chi connectivity index (χ0) is 17.8. The van der Waals surface area contributed by atoms with Crippen LogP contribution >= 0.6 is 0 Å². The maximum Gasteiger partial charge on any atom is 0.163 e. The van der Waals surface area contributed by atoms with Crippen LogP contribution in [0.25, 0.3) is 22.2 Å². The van der Waals surface area contributed by atoms with Crippen LogP contribution in [0.4, 0.5) is 5.69 Å². The molecule has 6 nitrogen and oxygen atoms in total. The molecule has 0 saturated heterocycles. The van der Waals surface area contributed by atoms with Crippen molar-refractivity contribution in [1.82, 2.24) is 9.66 Å². The molecule has 0 saturated carbocycles. The Hall–Kier alpha value is -3.67. The van der Waals surface area contributed by atoms with Crippen molar-refractivity contribution in [3.8, 4) is 22.6 Å². The molecule has 5 N–H and O–H groups in total. The predicted octanol–water partition coefficient (Wildman–Crippen LogP) is 3.34. The molecule has 2 aromatic carbocycles. The van der Waals surface area contributed by atoms with Gasteiger partial charge in [-0.3, -0.25) is 4.68 Å². The highest BCUT2D eigenvalue weighted by Crippen LogP contribution is 2.46. The number of pyridine rings is 1. The fourth-order valence-electron chi connectivity index (χ4n) is 3.75. The molecule has 0 bridgehead atoms. The van der Waals surface area contributed by atoms with Gasteiger partial charge in [0.25, 0.3) is 0 Å². The van der Waals surface area contributed by atoms with Crippen LogP contribution in [-0.4, -0.2) is 19.9 Å². The van der Waals surface area contributed by atoms with E-state index in [1.165, 1.54) is 10.7 Å². The monoisotopic (exact) mass is 344 g/mol. The molecule has 1 aliphatic rings. The van der Waals surface area contributed by atoms with Crippen LogP contribution in [0.5, 0.6) is 11.5 Å². The van der Waals surface area contributed by atoms with Gasteiger partial charge in [0, 0.05) is 40.2 Å². The minimum absolute atomic E-state index is 0.146. The standard InChI is InChI=1S/C20H16N4O2/c21-24-10-14-17-12(8-9-22-20(17)24)11-4-1-2-6-15(11)23-18(14)13-5-3-7-16(25)19(13)26/h1-10,18,23,25-26H,21H2. The number of aromatic hydroxyl groups is 2. The van der Waals surface area contributed by atoms with E-state index >= 15 is 0 Å². The van der Waals surface area contributed by atoms with E-state index in [0.29, 0.717) is 11.2 Å². The normalized spacial score (nSPS) is 15.3. The number of benzene rings is 2. The fourth-order valence-corrected chi connectivity index (χ4v) is 3.75. The number of aromatic nitrogens is 2. The molecule has 4 aromatic rings. The topological polar surface area (TPSA) is 96.3 Å². The lowest BCUT2D eigenvalue weighted by atomic mass is 9.96. The number of rotatable bonds is 1. The molecular weight excluding hydrogens is 328 g/mol. The number of nitrogens with zero attached hydrogens (tertiary/aromatic N) is 2. The van der Waals surface area contributed by atoms with E-state index < -0.39 is 0 Å². The highest BCUT2D eigenvalue weighted by molar-refractivity contribution is 6.01. The molecule has 0 radical (unpaired) electrons. The van der Waals surface area contributed by atoms with Crippen molar-refractivity contribution in [3.63, 3.8) is 0 Å². The lowest BCUT2D eigenvalue weighted by molar-refractivity contribution is 0.398. The molecule has 0 fully saturated rings. The first-order valence-electron chi connectivity index (χ1n) is 8.27. The Labute approximate surface area is 149 Å². The molecule has 6 heteroatoms. The smallest absolute Gasteiger partial charge is 0.163 e. The number of fused-ring (bicyclic) bond motifs is 2. The second-order valence-electron chi connectivity index (χ2n) is 6.39. The molecule has 128 valence electrons. The van der Waals surface area contributed by atoms with Crippen LogP contribution in [0.15, 0.2) is 60.9 Å². The molecule has 0 amide bonds. The fraction of sp³-hybridized carbons (Fsp3) is 0.0500. The number of anilines is 1. The Bertz CT molecular complexity index is 1170. The first-order valence-corrected chi connectivity index (χ1v) is 8.27. The number of phenols is 2. The maximum absolute atomic E-state index is 10.5. The molecule has 5 rings (SSSR count). The van der Waals surface area contributed by atoms with E-state index in [1.54, 1.807) is 18.3 Å². The van der Waals surface area contributed by atoms with Crippen molar-refractivity contribution >= 4 is 16.7 Å². The lowest BCUT2D eigenvalue weighted by Gasteiger charge is -2.20. The van der Waals surface area contributed by atoms with Gasteiger partial charge in [0.2, 0.25) is 0 Å². The molecule has 26 heavy (non-hydrogen) atoms. The number of nitrogens with two attached hydrogens (primary N) is 1. The summed E-state index contributed by atoms with van der Waals surface area (Å²) in [6.45, 7) is 0. The first kappa shape index (κ1) is 14.7. The van der Waals surface area contributed by atoms with Crippen molar-refractivity contribution in [2.75, 3.05) is 11.2 Å². The summed E-state index contributed by atoms with van der Waals surface area (Å²) < 4.78 is 1.50. The summed E-state index contributed by atoms with van der Waals surface area (Å²) >= 11 is 0. The number of phenolic OH excluding ortho intramolecular Hbond substituents is 2. The molecule has 0 spiro atoms. The minimum atomic E-state index is -0.388. The molecule has 0 aliphatic carbocycles. The van der Waals surface area contributed by atoms with Crippen LogP contribution < -0.4 is 11.2 Å². The Morgan fingerprint density at radius 2 is 1.81 bits per heavy atom. The molecule has 1 atom stereocenters. The van der Waals surface area contributed by atoms with Gasteiger partial charge in [-0.25, -0.2) is 4.98 Å². The third kappa shape index (κ3) is 1.89. The zero-order valence-electron chi connectivity index (χ0n) is 13.7. The number of nitrogen functional groups attached to an aromatic ring is 1. The van der Waals surface area contributed by atoms with Gasteiger partial charge in [-0.05, 0) is 23.8 Å². The molecule has 3 heterocycles. The van der Waals surface area contributed by atoms with Crippen LogP contribution in [0, 0.1) is 0 Å². The minimum Gasteiger partial charge on any atom is -0.504 e. The number of para-hydroxylation sites is 2. The SMILES string of the molecule is Nn1cc2c3c(ccnc31)-c1ccccc1NC2c1cccc(O)c1O. The highest BCUT2D eigenvalue weighted by atomic mass is 16.3. The van der Waals surface area contributed by atoms with Gasteiger partial charge in [0.05, 0.1) is 6.04 Å². The maximum atomic E-state index is 10.5. The van der Waals surface area contributed by atoms with Crippen LogP contribution in [0.3, 0.4) is 0 Å². The Morgan fingerprint density at radius 1 is 0.962 bits per heavy atom. The average molecular weight is 344 g/mol. The zero-order valence-corrected chi connectivity index (χ0v) is 13.7. The van der Waals surface area contributed by atoms with E-state index in [1.807, 2.05) is 36.5 Å². The highest BCUT2D eigenvalue weighted by Gasteiger charge is 2.29. The summed E-state index contributed by atoms with van der Waals surface area (Å²) in [7, 11) is 0. The summed E-state index contributed by atoms with van der Waals surface area (Å²) in [6.07, 6.45) is 3.56. The molecule has 1 aliphatic heterocycles. The van der Waals surface area contributed by atoms with E-state index in [0.717, 1.165) is 27.8 Å². The van der Waals surface area contributed by atoms with Crippen molar-refractivity contribution < 1.29 is 10.2 Å². The first-order chi connectivity index (χ1) is 12.6. The van der Waals surface area contributed by atoms with Gasteiger partial charge in [0.15, 0.2) is 17.1 Å². The third-order valence-electron chi connectivity index (χ3n) is 4.93. The largest absolute Gasteiger partial charge is 0.504 e. The Morgan fingerprint density at radius 3 is 2.69 bits per heavy atom. The van der Waals surface area contributed by atoms with Crippen molar-refractivity contribution in [3.05, 3.63) is 72.1 Å². The Kier molecular flexibility index (Phi) is 2.91. The summed E-state index contributed by atoms with van der Waals surface area (Å²) in [6, 6.07) is 14.5. The van der Waals surface area contributed by atoms with Gasteiger partial charge in [-0.2, -0.15) is 0 Å². The van der Waals surface area contributed by atoms with Gasteiger partial charge >= 0.3 is 0 Å². The van der Waals surface area contributed by atoms with Crippen molar-refractivity contribution in [2.45, 2.75) is 6.04 Å². The number of hydrogen-bond acceptors (Lipinski definition) is 5. The molecule has 1 unspecified atom stereocenters. The third-order valence-corrected chi connectivity index (χ3v) is 4.93. The predicted molar refractivity (Wildman–Crippen MR) is 101 cm³/mol. The molecule has 2 aromatic heterocycles. The second kappa shape index (κ2) is 5.16. The van der Waals surface area contributed by atoms with Crippen LogP contribution in [0.1, 0.15) is 17.2 Å². The van der Waals surface area contributed by atoms with E-state index in [2.05, 4.69) is 10.3 Å². The summed E-state index contributed by atoms with van der Waals surface area (Å²) in [5.41, 5.74) is 5.13. The van der Waals surface area contributed by atoms with Crippen molar-refractivity contribution in [2.24, 2.45) is 0 Å². The number of hydrogen-bond donors (Lipinski definition) is 4. The summed E-state index contributed by atoms with van der Waals surface area (Å²) in [5.74, 6) is 5.84. The quantitative estimate of drug-likeness (QED) is 0.314. The van der Waals surface area contributed by atoms with E-state index in [-0.39, 0.29) is 17.5 Å². The Balaban J connectivity index is 1.89.